The average Bonchev–Trinajstić information content (AvgIpc) is 2.84. The molecule has 0 aliphatic heterocycles. The van der Waals surface area contributed by atoms with E-state index in [4.69, 9.17) is 16.2 Å². The van der Waals surface area contributed by atoms with E-state index in [1.54, 1.807) is 18.2 Å². The van der Waals surface area contributed by atoms with Gasteiger partial charge in [-0.1, -0.05) is 53.2 Å². The summed E-state index contributed by atoms with van der Waals surface area (Å²) in [6.07, 6.45) is 2.72. The molecular formula is C28H52Cl2N4O4. The maximum Gasteiger partial charge on any atom is 0.255 e. The molecule has 0 spiro atoms. The van der Waals surface area contributed by atoms with Gasteiger partial charge in [0.25, 0.3) is 5.91 Å². The van der Waals surface area contributed by atoms with Gasteiger partial charge in [0, 0.05) is 25.0 Å². The fourth-order valence-corrected chi connectivity index (χ4v) is 4.10. The van der Waals surface area contributed by atoms with Crippen LogP contribution in [-0.4, -0.2) is 55.3 Å². The molecule has 222 valence electrons. The minimum Gasteiger partial charge on any atom is -0.493 e. The van der Waals surface area contributed by atoms with Crippen LogP contribution in [-0.2, 0) is 4.79 Å². The molecular weight excluding hydrogens is 527 g/mol. The molecule has 0 aliphatic rings. The van der Waals surface area contributed by atoms with Crippen LogP contribution in [0.15, 0.2) is 24.3 Å². The third-order valence-electron chi connectivity index (χ3n) is 6.74. The van der Waals surface area contributed by atoms with Gasteiger partial charge in [-0.05, 0) is 62.1 Å². The van der Waals surface area contributed by atoms with Crippen molar-refractivity contribution >= 4 is 36.6 Å². The van der Waals surface area contributed by atoms with Crippen LogP contribution < -0.4 is 26.8 Å². The number of carbonyl (C=O) groups is 2. The number of nitrogens with two attached hydrogens (primary N) is 2. The van der Waals surface area contributed by atoms with E-state index in [0.717, 1.165) is 12.8 Å². The number of hydrogen-bond donors (Lipinski definition) is 5. The molecule has 2 amide bonds. The van der Waals surface area contributed by atoms with Gasteiger partial charge in [0.2, 0.25) is 5.91 Å². The number of ether oxygens (including phenoxy) is 1. The zero-order chi connectivity index (χ0) is 27.1. The number of nitrogens with one attached hydrogen (secondary N) is 2. The van der Waals surface area contributed by atoms with Crippen molar-refractivity contribution in [3.63, 3.8) is 0 Å². The van der Waals surface area contributed by atoms with Crippen molar-refractivity contribution in [2.75, 3.05) is 26.2 Å². The van der Waals surface area contributed by atoms with Gasteiger partial charge in [0.05, 0.1) is 18.3 Å². The van der Waals surface area contributed by atoms with Crippen LogP contribution in [0.4, 0.5) is 0 Å². The number of aliphatic hydroxyl groups is 1. The Kier molecular flexibility index (Phi) is 21.6. The molecule has 0 fully saturated rings. The molecule has 8 nitrogen and oxygen atoms in total. The third kappa shape index (κ3) is 14.0. The van der Waals surface area contributed by atoms with Crippen molar-refractivity contribution in [1.29, 1.82) is 0 Å². The number of unbranched alkanes of at least 4 members (excludes halogenated alkanes) is 1. The van der Waals surface area contributed by atoms with E-state index in [2.05, 4.69) is 31.4 Å². The number of amides is 2. The van der Waals surface area contributed by atoms with Crippen molar-refractivity contribution in [2.45, 2.75) is 78.9 Å². The molecule has 10 heteroatoms. The summed E-state index contributed by atoms with van der Waals surface area (Å²) in [7, 11) is 0. The first-order valence-electron chi connectivity index (χ1n) is 13.5. The lowest BCUT2D eigenvalue weighted by Gasteiger charge is -2.30. The Morgan fingerprint density at radius 1 is 1.00 bits per heavy atom. The lowest BCUT2D eigenvalue weighted by Crippen LogP contribution is -2.44. The van der Waals surface area contributed by atoms with E-state index in [1.165, 1.54) is 0 Å². The normalized spacial score (nSPS) is 14.1. The fourth-order valence-electron chi connectivity index (χ4n) is 4.10. The third-order valence-corrected chi connectivity index (χ3v) is 6.74. The number of aliphatic hydroxyl groups excluding tert-OH is 1. The van der Waals surface area contributed by atoms with E-state index in [-0.39, 0.29) is 60.3 Å². The van der Waals surface area contributed by atoms with E-state index in [1.807, 2.05) is 19.9 Å². The van der Waals surface area contributed by atoms with E-state index >= 15 is 0 Å². The molecule has 4 atom stereocenters. The molecule has 7 N–H and O–H groups in total. The van der Waals surface area contributed by atoms with Crippen molar-refractivity contribution in [1.82, 2.24) is 10.6 Å². The average molecular weight is 580 g/mol. The quantitative estimate of drug-likeness (QED) is 0.167. The highest BCUT2D eigenvalue weighted by molar-refractivity contribution is 5.96. The van der Waals surface area contributed by atoms with Crippen LogP contribution in [0.3, 0.4) is 0 Å². The first-order valence-corrected chi connectivity index (χ1v) is 13.5. The van der Waals surface area contributed by atoms with Crippen LogP contribution in [0.2, 0.25) is 0 Å². The van der Waals surface area contributed by atoms with Gasteiger partial charge in [-0.3, -0.25) is 9.59 Å². The van der Waals surface area contributed by atoms with Gasteiger partial charge in [-0.25, -0.2) is 0 Å². The Morgan fingerprint density at radius 3 is 2.24 bits per heavy atom. The topological polar surface area (TPSA) is 140 Å². The minimum absolute atomic E-state index is 0. The van der Waals surface area contributed by atoms with Crippen molar-refractivity contribution in [3.05, 3.63) is 29.8 Å². The van der Waals surface area contributed by atoms with E-state index in [0.29, 0.717) is 56.8 Å². The molecule has 0 bridgehead atoms. The van der Waals surface area contributed by atoms with Crippen LogP contribution >= 0.6 is 24.8 Å². The second kappa shape index (κ2) is 21.3. The van der Waals surface area contributed by atoms with Gasteiger partial charge >= 0.3 is 0 Å². The lowest BCUT2D eigenvalue weighted by atomic mass is 9.83. The fraction of sp³-hybridized carbons (Fsp3) is 0.714. The molecule has 0 saturated heterocycles. The number of halogens is 2. The summed E-state index contributed by atoms with van der Waals surface area (Å²) < 4.78 is 5.73. The Bertz CT molecular complexity index is 783. The molecule has 0 heterocycles. The summed E-state index contributed by atoms with van der Waals surface area (Å²) in [5.74, 6) is 0.425. The zero-order valence-corrected chi connectivity index (χ0v) is 25.4. The molecule has 1 aromatic rings. The smallest absolute Gasteiger partial charge is 0.255 e. The lowest BCUT2D eigenvalue weighted by molar-refractivity contribution is -0.127. The Hall–Kier alpha value is -1.58. The minimum atomic E-state index is -0.803. The maximum absolute atomic E-state index is 12.9. The SMILES string of the molecule is CCCCNC(=O)[C@@H](C[C@H](O)[C@@H](N)C[C@H](CNC(=O)c1ccccc1OCCCN)C(C)C)C(C)C.Cl.Cl. The summed E-state index contributed by atoms with van der Waals surface area (Å²) in [6.45, 7) is 12.3. The molecule has 0 unspecified atom stereocenters. The first kappa shape index (κ1) is 38.6. The molecule has 38 heavy (non-hydrogen) atoms. The van der Waals surface area contributed by atoms with Crippen LogP contribution in [0.5, 0.6) is 5.75 Å². The number of rotatable bonds is 18. The van der Waals surface area contributed by atoms with Crippen LogP contribution in [0.25, 0.3) is 0 Å². The molecule has 0 saturated carbocycles. The molecule has 1 aromatic carbocycles. The summed E-state index contributed by atoms with van der Waals surface area (Å²) in [4.78, 5) is 25.6. The summed E-state index contributed by atoms with van der Waals surface area (Å²) in [5.41, 5.74) is 12.4. The number of benzene rings is 1. The number of para-hydroxylation sites is 1. The number of hydrogen-bond acceptors (Lipinski definition) is 6. The summed E-state index contributed by atoms with van der Waals surface area (Å²) in [6, 6.07) is 6.66. The highest BCUT2D eigenvalue weighted by atomic mass is 35.5. The summed E-state index contributed by atoms with van der Waals surface area (Å²) >= 11 is 0. The standard InChI is InChI=1S/C28H50N4O4.2ClH/c1-6-7-14-31-28(35)23(20(4)5)17-25(33)24(30)16-21(19(2)3)18-32-27(34)22-11-8-9-12-26(22)36-15-10-13-29;;/h8-9,11-12,19-21,23-25,33H,6-7,10,13-18,29-30H2,1-5H3,(H,31,35)(H,32,34);2*1H/t21-,23+,24+,25+;;/m1../s1. The maximum atomic E-state index is 12.9. The zero-order valence-electron chi connectivity index (χ0n) is 23.8. The second-order valence-corrected chi connectivity index (χ2v) is 10.4. The van der Waals surface area contributed by atoms with Crippen molar-refractivity contribution in [3.8, 4) is 5.75 Å². The summed E-state index contributed by atoms with van der Waals surface area (Å²) in [5, 5.41) is 16.9. The Balaban J connectivity index is 0. The first-order chi connectivity index (χ1) is 17.1. The highest BCUT2D eigenvalue weighted by Crippen LogP contribution is 2.24. The van der Waals surface area contributed by atoms with Gasteiger partial charge in [-0.15, -0.1) is 24.8 Å². The molecule has 0 aromatic heterocycles. The Labute approximate surface area is 242 Å². The van der Waals surface area contributed by atoms with Gasteiger partial charge < -0.3 is 31.9 Å². The molecule has 1 rings (SSSR count). The predicted octanol–water partition coefficient (Wildman–Crippen LogP) is 3.92. The molecule has 0 radical (unpaired) electrons. The van der Waals surface area contributed by atoms with Crippen LogP contribution in [0, 0.1) is 23.7 Å². The second-order valence-electron chi connectivity index (χ2n) is 10.4. The van der Waals surface area contributed by atoms with Crippen molar-refractivity contribution < 1.29 is 19.4 Å². The van der Waals surface area contributed by atoms with E-state index < -0.39 is 12.1 Å². The Morgan fingerprint density at radius 2 is 1.66 bits per heavy atom. The largest absolute Gasteiger partial charge is 0.493 e. The number of carbonyl (C=O) groups excluding carboxylic acids is 2. The van der Waals surface area contributed by atoms with Crippen molar-refractivity contribution in [2.24, 2.45) is 35.1 Å². The van der Waals surface area contributed by atoms with Gasteiger partial charge in [0.1, 0.15) is 5.75 Å². The highest BCUT2D eigenvalue weighted by Gasteiger charge is 2.29. The van der Waals surface area contributed by atoms with Gasteiger partial charge in [0.15, 0.2) is 0 Å². The van der Waals surface area contributed by atoms with Crippen LogP contribution in [0.1, 0.15) is 77.1 Å². The van der Waals surface area contributed by atoms with E-state index in [9.17, 15) is 14.7 Å². The molecule has 0 aliphatic carbocycles. The monoisotopic (exact) mass is 578 g/mol. The van der Waals surface area contributed by atoms with Gasteiger partial charge in [-0.2, -0.15) is 0 Å². The predicted molar refractivity (Wildman–Crippen MR) is 160 cm³/mol.